The van der Waals surface area contributed by atoms with Gasteiger partial charge in [0.15, 0.2) is 0 Å². The molecule has 332 valence electrons. The highest BCUT2D eigenvalue weighted by molar-refractivity contribution is 9.10. The first-order chi connectivity index (χ1) is 29.9. The van der Waals surface area contributed by atoms with E-state index in [1.165, 1.54) is 34.1 Å². The van der Waals surface area contributed by atoms with Crippen molar-refractivity contribution < 1.29 is 47.6 Å². The Balaban J connectivity index is 0.000000235. The third-order valence-corrected chi connectivity index (χ3v) is 10.6. The molecule has 2 fully saturated rings. The van der Waals surface area contributed by atoms with E-state index in [1.54, 1.807) is 64.7 Å². The molecule has 2 atom stereocenters. The fourth-order valence-electron chi connectivity index (χ4n) is 6.55. The number of pyridine rings is 2. The Labute approximate surface area is 373 Å². The molecule has 0 spiro atoms. The number of carbonyl (C=O) groups is 4. The van der Waals surface area contributed by atoms with Crippen LogP contribution in [0.3, 0.4) is 0 Å². The molecule has 2 aliphatic heterocycles. The number of halogens is 3. The lowest BCUT2D eigenvalue weighted by atomic mass is 10.0. The number of rotatable bonds is 12. The first kappa shape index (κ1) is 49.6. The molecule has 6 N–H and O–H groups in total. The van der Waals surface area contributed by atoms with Gasteiger partial charge in [0.05, 0.1) is 11.4 Å². The SMILES string of the molecule is C#C[C@]1(O)CCN(C)C1=O.COCCCc1ccc(-c2cc(Br)ccc2F)nc1C(N)=O.COCCCc1ccc(-c2cc(C#C[C@]3(O)CCN(C)C3=O)ccc2F)nc1C(N)=O. The van der Waals surface area contributed by atoms with E-state index in [0.29, 0.717) is 74.4 Å². The molecule has 0 saturated carbocycles. The minimum absolute atomic E-state index is 0.0818. The molecule has 0 radical (unpaired) electrons. The van der Waals surface area contributed by atoms with Crippen molar-refractivity contribution in [3.63, 3.8) is 0 Å². The number of ether oxygens (including phenoxy) is 2. The number of aryl methyl sites for hydroxylation is 2. The number of carbonyl (C=O) groups excluding carboxylic acids is 4. The summed E-state index contributed by atoms with van der Waals surface area (Å²) in [7, 11) is 6.43. The van der Waals surface area contributed by atoms with Crippen molar-refractivity contribution in [2.75, 3.05) is 54.6 Å². The lowest BCUT2D eigenvalue weighted by Gasteiger charge is -2.13. The van der Waals surface area contributed by atoms with Gasteiger partial charge in [-0.25, -0.2) is 18.7 Å². The fraction of sp³-hybridized carbons (Fsp3) is 0.348. The number of terminal acetylenes is 1. The number of benzene rings is 2. The second kappa shape index (κ2) is 22.3. The summed E-state index contributed by atoms with van der Waals surface area (Å²) in [6.45, 7) is 2.06. The van der Waals surface area contributed by atoms with Crippen LogP contribution < -0.4 is 11.5 Å². The molecular formula is C46H49BrF2N6O8. The van der Waals surface area contributed by atoms with Crippen molar-refractivity contribution in [2.45, 2.75) is 49.7 Å². The van der Waals surface area contributed by atoms with Crippen molar-refractivity contribution in [3.8, 4) is 46.7 Å². The Morgan fingerprint density at radius 3 is 1.65 bits per heavy atom. The summed E-state index contributed by atoms with van der Waals surface area (Å²) >= 11 is 3.30. The zero-order chi connectivity index (χ0) is 46.5. The predicted molar refractivity (Wildman–Crippen MR) is 235 cm³/mol. The molecule has 6 rings (SSSR count). The monoisotopic (exact) mass is 930 g/mol. The number of nitrogens with zero attached hydrogens (tertiary/aromatic N) is 4. The van der Waals surface area contributed by atoms with Crippen LogP contribution in [-0.2, 0) is 31.9 Å². The van der Waals surface area contributed by atoms with Crippen LogP contribution in [0, 0.1) is 35.8 Å². The second-order valence-electron chi connectivity index (χ2n) is 14.7. The zero-order valence-electron chi connectivity index (χ0n) is 35.3. The Hall–Kier alpha value is -6.08. The van der Waals surface area contributed by atoms with Gasteiger partial charge >= 0.3 is 0 Å². The number of likely N-dealkylation sites (N-methyl/N-ethyl adjacent to an activating group) is 2. The minimum Gasteiger partial charge on any atom is -0.385 e. The van der Waals surface area contributed by atoms with Gasteiger partial charge in [-0.2, -0.15) is 0 Å². The molecule has 0 unspecified atom stereocenters. The van der Waals surface area contributed by atoms with E-state index < -0.39 is 40.6 Å². The van der Waals surface area contributed by atoms with Crippen LogP contribution in [0.4, 0.5) is 8.78 Å². The molecule has 14 nitrogen and oxygen atoms in total. The van der Waals surface area contributed by atoms with Gasteiger partial charge in [0.25, 0.3) is 23.6 Å². The van der Waals surface area contributed by atoms with Crippen LogP contribution in [0.5, 0.6) is 0 Å². The minimum atomic E-state index is -1.75. The van der Waals surface area contributed by atoms with Gasteiger partial charge in [-0.05, 0) is 85.3 Å². The summed E-state index contributed by atoms with van der Waals surface area (Å²) in [6, 6.07) is 15.5. The normalized spacial score (nSPS) is 17.8. The lowest BCUT2D eigenvalue weighted by molar-refractivity contribution is -0.138. The van der Waals surface area contributed by atoms with Gasteiger partial charge in [-0.1, -0.05) is 45.8 Å². The smallest absolute Gasteiger partial charge is 0.267 e. The summed E-state index contributed by atoms with van der Waals surface area (Å²) in [6.07, 6.45) is 8.14. The van der Waals surface area contributed by atoms with E-state index in [-0.39, 0.29) is 35.0 Å². The number of likely N-dealkylation sites (tertiary alicyclic amines) is 2. The third kappa shape index (κ3) is 12.8. The van der Waals surface area contributed by atoms with E-state index in [9.17, 15) is 38.2 Å². The summed E-state index contributed by atoms with van der Waals surface area (Å²) in [5.41, 5.74) is 10.7. The topological polar surface area (TPSA) is 212 Å². The number of hydrogen-bond donors (Lipinski definition) is 4. The highest BCUT2D eigenvalue weighted by atomic mass is 79.9. The maximum atomic E-state index is 14.5. The van der Waals surface area contributed by atoms with Gasteiger partial charge in [0.2, 0.25) is 11.2 Å². The maximum absolute atomic E-state index is 14.5. The largest absolute Gasteiger partial charge is 0.385 e. The molecule has 0 aliphatic carbocycles. The van der Waals surface area contributed by atoms with Gasteiger partial charge in [-0.3, -0.25) is 19.2 Å². The van der Waals surface area contributed by atoms with Crippen LogP contribution in [0.25, 0.3) is 22.5 Å². The van der Waals surface area contributed by atoms with Crippen LogP contribution >= 0.6 is 15.9 Å². The second-order valence-corrected chi connectivity index (χ2v) is 15.6. The number of nitrogens with two attached hydrogens (primary N) is 2. The molecular weight excluding hydrogens is 882 g/mol. The molecule has 2 aromatic heterocycles. The molecule has 17 heteroatoms. The zero-order valence-corrected chi connectivity index (χ0v) is 36.9. The summed E-state index contributed by atoms with van der Waals surface area (Å²) < 4.78 is 39.2. The quantitative estimate of drug-likeness (QED) is 0.118. The van der Waals surface area contributed by atoms with E-state index in [1.807, 2.05) is 0 Å². The number of aromatic nitrogens is 2. The van der Waals surface area contributed by atoms with Gasteiger partial charge in [0.1, 0.15) is 23.0 Å². The fourth-order valence-corrected chi connectivity index (χ4v) is 6.91. The number of aliphatic hydroxyl groups is 2. The Bertz CT molecular complexity index is 2450. The van der Waals surface area contributed by atoms with Crippen molar-refractivity contribution >= 4 is 39.6 Å². The molecule has 2 aromatic carbocycles. The molecule has 2 aliphatic rings. The first-order valence-corrected chi connectivity index (χ1v) is 20.5. The number of hydrogen-bond acceptors (Lipinski definition) is 10. The summed E-state index contributed by atoms with van der Waals surface area (Å²) in [5, 5.41) is 19.7. The predicted octanol–water partition coefficient (Wildman–Crippen LogP) is 4.05. The number of amides is 4. The number of primary amides is 2. The standard InChI is InChI=1S/C23H24FN3O4.C16H16BrFN2O2.C7H9NO2/c1-27-12-11-23(30,22(27)29)10-9-15-5-7-18(24)17(14-15)19-8-6-16(4-3-13-31-2)20(26-19)21(25)28;1-22-8-2-3-10-4-7-14(20-15(10)16(19)21)12-9-11(17)5-6-13(12)18;1-3-7(10)4-5-8(2)6(7)9/h5-8,14,30H,3-4,11-13H2,1-2H3,(H2,25,28);4-7,9H,2-3,8H2,1H3,(H2,19,21);1,10H,4-5H2,2H3/t23-;;7-/m0.0/s1. The Kier molecular flexibility index (Phi) is 17.6. The molecule has 0 bridgehead atoms. The van der Waals surface area contributed by atoms with Crippen LogP contribution in [0.2, 0.25) is 0 Å². The summed E-state index contributed by atoms with van der Waals surface area (Å²) in [5.74, 6) is 4.35. The van der Waals surface area contributed by atoms with Crippen molar-refractivity contribution in [2.24, 2.45) is 11.5 Å². The van der Waals surface area contributed by atoms with Crippen molar-refractivity contribution in [1.29, 1.82) is 0 Å². The highest BCUT2D eigenvalue weighted by Crippen LogP contribution is 2.28. The molecule has 63 heavy (non-hydrogen) atoms. The van der Waals surface area contributed by atoms with E-state index in [4.69, 9.17) is 27.4 Å². The molecule has 4 aromatic rings. The first-order valence-electron chi connectivity index (χ1n) is 19.7. The van der Waals surface area contributed by atoms with Crippen LogP contribution in [0.1, 0.15) is 63.4 Å². The highest BCUT2D eigenvalue weighted by Gasteiger charge is 2.43. The summed E-state index contributed by atoms with van der Waals surface area (Å²) in [4.78, 5) is 57.9. The van der Waals surface area contributed by atoms with Crippen LogP contribution in [-0.4, -0.2) is 119 Å². The van der Waals surface area contributed by atoms with Crippen LogP contribution in [0.15, 0.2) is 65.1 Å². The number of methoxy groups -OCH3 is 2. The third-order valence-electron chi connectivity index (χ3n) is 10.1. The maximum Gasteiger partial charge on any atom is 0.267 e. The van der Waals surface area contributed by atoms with Gasteiger partial charge < -0.3 is 41.0 Å². The lowest BCUT2D eigenvalue weighted by Crippen LogP contribution is -2.37. The van der Waals surface area contributed by atoms with E-state index >= 15 is 0 Å². The molecule has 4 heterocycles. The van der Waals surface area contributed by atoms with Gasteiger partial charge in [-0.15, -0.1) is 6.42 Å². The Morgan fingerprint density at radius 2 is 1.24 bits per heavy atom. The molecule has 4 amide bonds. The van der Waals surface area contributed by atoms with Crippen molar-refractivity contribution in [1.82, 2.24) is 19.8 Å². The average Bonchev–Trinajstić information content (AvgIpc) is 3.69. The average molecular weight is 932 g/mol. The van der Waals surface area contributed by atoms with Crippen molar-refractivity contribution in [3.05, 3.63) is 105 Å². The van der Waals surface area contributed by atoms with E-state index in [2.05, 4.69) is 43.7 Å². The van der Waals surface area contributed by atoms with Gasteiger partial charge in [0, 0.05) is 88.6 Å². The molecule has 2 saturated heterocycles. The van der Waals surface area contributed by atoms with E-state index in [0.717, 1.165) is 16.5 Å². The Morgan fingerprint density at radius 1 is 0.778 bits per heavy atom.